The van der Waals surface area contributed by atoms with Crippen LogP contribution in [-0.4, -0.2) is 41.0 Å². The smallest absolute Gasteiger partial charge is 0.331 e. The lowest BCUT2D eigenvalue weighted by molar-refractivity contribution is -0.133. The number of amides is 3. The number of carboxylic acid groups (broad SMARTS) is 1. The fraction of sp³-hybridized carbons (Fsp3) is 0.615. The molecule has 1 unspecified atom stereocenters. The Morgan fingerprint density at radius 1 is 1.05 bits per heavy atom. The molecule has 1 atom stereocenters. The molecule has 0 bridgehead atoms. The van der Waals surface area contributed by atoms with Crippen LogP contribution in [0.15, 0.2) is 11.1 Å². The van der Waals surface area contributed by atoms with E-state index in [1.165, 1.54) is 18.7 Å². The Morgan fingerprint density at radius 2 is 1.53 bits per heavy atom. The third-order valence-corrected chi connectivity index (χ3v) is 3.34. The van der Waals surface area contributed by atoms with Crippen molar-refractivity contribution in [3.05, 3.63) is 11.1 Å². The van der Waals surface area contributed by atoms with E-state index in [9.17, 15) is 14.4 Å². The number of carboxylic acids is 1. The molecule has 108 valence electrons. The largest absolute Gasteiger partial charge is 0.478 e. The molecule has 0 aliphatic heterocycles. The van der Waals surface area contributed by atoms with Crippen LogP contribution in [0.2, 0.25) is 0 Å². The Kier molecular flexibility index (Phi) is 6.24. The number of rotatable bonds is 4. The van der Waals surface area contributed by atoms with E-state index in [0.717, 1.165) is 0 Å². The van der Waals surface area contributed by atoms with Gasteiger partial charge in [0, 0.05) is 24.2 Å². The molecule has 19 heavy (non-hydrogen) atoms. The number of hydrogen-bond acceptors (Lipinski definition) is 3. The number of carbonyl (C=O) groups excluding carboxylic acids is 2. The van der Waals surface area contributed by atoms with Gasteiger partial charge >= 0.3 is 12.0 Å². The standard InChI is InChI=1S/C13H22N2O4/c1-7(2)10(5)15(6)13(19)14-11(16)8(3)9(4)12(17)18/h7,10H,1-6H3,(H,17,18)(H,14,16,19). The number of hydrogen-bond donors (Lipinski definition) is 2. The fourth-order valence-electron chi connectivity index (χ4n) is 1.24. The summed E-state index contributed by atoms with van der Waals surface area (Å²) in [6, 6.07) is -0.568. The molecule has 2 N–H and O–H groups in total. The Balaban J connectivity index is 4.80. The molecule has 0 spiro atoms. The van der Waals surface area contributed by atoms with Crippen molar-refractivity contribution < 1.29 is 19.5 Å². The van der Waals surface area contributed by atoms with Crippen LogP contribution in [0, 0.1) is 5.92 Å². The van der Waals surface area contributed by atoms with Crippen LogP contribution in [0.1, 0.15) is 34.6 Å². The summed E-state index contributed by atoms with van der Waals surface area (Å²) in [5, 5.41) is 11.0. The zero-order valence-corrected chi connectivity index (χ0v) is 12.3. The number of nitrogens with zero attached hydrogens (tertiary/aromatic N) is 1. The first-order valence-corrected chi connectivity index (χ1v) is 6.08. The van der Waals surface area contributed by atoms with Crippen molar-refractivity contribution in [2.75, 3.05) is 7.05 Å². The molecular weight excluding hydrogens is 248 g/mol. The van der Waals surface area contributed by atoms with Crippen molar-refractivity contribution in [3.8, 4) is 0 Å². The number of urea groups is 1. The van der Waals surface area contributed by atoms with Gasteiger partial charge in [-0.2, -0.15) is 0 Å². The molecule has 0 aliphatic carbocycles. The van der Waals surface area contributed by atoms with Crippen LogP contribution >= 0.6 is 0 Å². The highest BCUT2D eigenvalue weighted by Gasteiger charge is 2.21. The second kappa shape index (κ2) is 6.92. The molecule has 6 nitrogen and oxygen atoms in total. The predicted octanol–water partition coefficient (Wildman–Crippen LogP) is 1.62. The van der Waals surface area contributed by atoms with E-state index >= 15 is 0 Å². The van der Waals surface area contributed by atoms with E-state index in [0.29, 0.717) is 0 Å². The lowest BCUT2D eigenvalue weighted by Crippen LogP contribution is -2.46. The van der Waals surface area contributed by atoms with E-state index in [4.69, 9.17) is 5.11 Å². The third-order valence-electron chi connectivity index (χ3n) is 3.34. The maximum atomic E-state index is 11.8. The van der Waals surface area contributed by atoms with Crippen LogP contribution in [-0.2, 0) is 9.59 Å². The van der Waals surface area contributed by atoms with E-state index in [1.54, 1.807) is 7.05 Å². The van der Waals surface area contributed by atoms with Gasteiger partial charge < -0.3 is 10.0 Å². The molecule has 0 aliphatic rings. The average molecular weight is 270 g/mol. The molecule has 0 radical (unpaired) electrons. The minimum absolute atomic E-state index is 0.0199. The summed E-state index contributed by atoms with van der Waals surface area (Å²) in [6.07, 6.45) is 0. The van der Waals surface area contributed by atoms with Gasteiger partial charge in [0.15, 0.2) is 0 Å². The number of aliphatic carboxylic acids is 1. The normalized spacial score (nSPS) is 13.6. The van der Waals surface area contributed by atoms with Gasteiger partial charge in [-0.3, -0.25) is 10.1 Å². The summed E-state index contributed by atoms with van der Waals surface area (Å²) in [5.74, 6) is -1.61. The Labute approximate surface area is 113 Å². The molecule has 3 amide bonds. The maximum absolute atomic E-state index is 11.8. The van der Waals surface area contributed by atoms with E-state index in [-0.39, 0.29) is 23.1 Å². The monoisotopic (exact) mass is 270 g/mol. The van der Waals surface area contributed by atoms with Crippen molar-refractivity contribution in [1.82, 2.24) is 10.2 Å². The van der Waals surface area contributed by atoms with Crippen molar-refractivity contribution in [1.29, 1.82) is 0 Å². The van der Waals surface area contributed by atoms with E-state index < -0.39 is 17.9 Å². The minimum atomic E-state index is -1.18. The van der Waals surface area contributed by atoms with Crippen molar-refractivity contribution >= 4 is 17.9 Å². The van der Waals surface area contributed by atoms with Crippen LogP contribution in [0.3, 0.4) is 0 Å². The molecule has 0 aromatic heterocycles. The van der Waals surface area contributed by atoms with Crippen LogP contribution in [0.25, 0.3) is 0 Å². The molecule has 0 rings (SSSR count). The summed E-state index contributed by atoms with van der Waals surface area (Å²) in [4.78, 5) is 35.7. The first-order chi connectivity index (χ1) is 8.59. The highest BCUT2D eigenvalue weighted by Crippen LogP contribution is 2.09. The van der Waals surface area contributed by atoms with Crippen LogP contribution in [0.5, 0.6) is 0 Å². The van der Waals surface area contributed by atoms with Crippen LogP contribution < -0.4 is 5.32 Å². The molecule has 0 heterocycles. The van der Waals surface area contributed by atoms with Gasteiger partial charge in [0.2, 0.25) is 0 Å². The molecule has 0 aromatic rings. The zero-order valence-electron chi connectivity index (χ0n) is 12.3. The molecule has 0 saturated heterocycles. The van der Waals surface area contributed by atoms with Gasteiger partial charge in [-0.15, -0.1) is 0 Å². The SMILES string of the molecule is CC(C(=O)O)=C(C)C(=O)NC(=O)N(C)C(C)C(C)C. The van der Waals surface area contributed by atoms with Gasteiger partial charge in [-0.1, -0.05) is 13.8 Å². The summed E-state index contributed by atoms with van der Waals surface area (Å²) in [6.45, 7) is 8.51. The van der Waals surface area contributed by atoms with E-state index in [2.05, 4.69) is 5.32 Å². The molecule has 0 aromatic carbocycles. The maximum Gasteiger partial charge on any atom is 0.331 e. The Morgan fingerprint density at radius 3 is 1.89 bits per heavy atom. The highest BCUT2D eigenvalue weighted by atomic mass is 16.4. The average Bonchev–Trinajstić information content (AvgIpc) is 2.34. The zero-order chi connectivity index (χ0) is 15.3. The van der Waals surface area contributed by atoms with Crippen LogP contribution in [0.4, 0.5) is 4.79 Å². The first-order valence-electron chi connectivity index (χ1n) is 6.08. The van der Waals surface area contributed by atoms with Gasteiger partial charge in [-0.05, 0) is 26.7 Å². The number of nitrogens with one attached hydrogen (secondary N) is 1. The second-order valence-corrected chi connectivity index (χ2v) is 4.91. The number of imide groups is 1. The summed E-state index contributed by atoms with van der Waals surface area (Å²) in [7, 11) is 1.59. The second-order valence-electron chi connectivity index (χ2n) is 4.91. The molecule has 0 saturated carbocycles. The van der Waals surface area contributed by atoms with Gasteiger partial charge in [0.05, 0.1) is 0 Å². The van der Waals surface area contributed by atoms with Crippen molar-refractivity contribution in [2.45, 2.75) is 40.7 Å². The van der Waals surface area contributed by atoms with Gasteiger partial charge in [-0.25, -0.2) is 9.59 Å². The molecule has 6 heteroatoms. The highest BCUT2D eigenvalue weighted by molar-refractivity contribution is 6.07. The van der Waals surface area contributed by atoms with Gasteiger partial charge in [0.25, 0.3) is 5.91 Å². The predicted molar refractivity (Wildman–Crippen MR) is 71.6 cm³/mol. The lowest BCUT2D eigenvalue weighted by Gasteiger charge is -2.27. The Hall–Kier alpha value is -1.85. The Bertz CT molecular complexity index is 413. The minimum Gasteiger partial charge on any atom is -0.478 e. The van der Waals surface area contributed by atoms with E-state index in [1.807, 2.05) is 20.8 Å². The van der Waals surface area contributed by atoms with Crippen molar-refractivity contribution in [2.24, 2.45) is 5.92 Å². The topological polar surface area (TPSA) is 86.7 Å². The van der Waals surface area contributed by atoms with Gasteiger partial charge in [0.1, 0.15) is 0 Å². The number of carbonyl (C=O) groups is 3. The third kappa shape index (κ3) is 4.73. The summed E-state index contributed by atoms with van der Waals surface area (Å²) < 4.78 is 0. The fourth-order valence-corrected chi connectivity index (χ4v) is 1.24. The lowest BCUT2D eigenvalue weighted by atomic mass is 10.1. The quantitative estimate of drug-likeness (QED) is 0.760. The molecule has 0 fully saturated rings. The molecular formula is C13H22N2O4. The first kappa shape index (κ1) is 17.2. The summed E-state index contributed by atoms with van der Waals surface area (Å²) in [5.41, 5.74) is -0.0590. The van der Waals surface area contributed by atoms with Crippen molar-refractivity contribution in [3.63, 3.8) is 0 Å². The summed E-state index contributed by atoms with van der Waals surface area (Å²) >= 11 is 0.